The lowest BCUT2D eigenvalue weighted by Gasteiger charge is -2.37. The monoisotopic (exact) mass is 521 g/mol. The highest BCUT2D eigenvalue weighted by atomic mass is 32.2. The molecule has 1 saturated heterocycles. The second-order valence-corrected chi connectivity index (χ2v) is 10.5. The average molecular weight is 522 g/mol. The van der Waals surface area contributed by atoms with Gasteiger partial charge in [0.25, 0.3) is 0 Å². The zero-order chi connectivity index (χ0) is 26.3. The zero-order valence-corrected chi connectivity index (χ0v) is 22.5. The SMILES string of the molecule is COc1ccc(C(SCCN2CCC[C@H](C(=O)O)C2)(c2ccc(OC)cc2)c2ccc(OC)cc2)cc1. The van der Waals surface area contributed by atoms with E-state index in [2.05, 4.69) is 41.3 Å². The third-order valence-corrected chi connectivity index (χ3v) is 8.60. The van der Waals surface area contributed by atoms with Gasteiger partial charge in [-0.15, -0.1) is 11.8 Å². The normalized spacial score (nSPS) is 16.2. The van der Waals surface area contributed by atoms with Crippen molar-refractivity contribution in [3.63, 3.8) is 0 Å². The number of piperidine rings is 1. The van der Waals surface area contributed by atoms with Crippen LogP contribution in [-0.4, -0.2) is 62.7 Å². The Hall–Kier alpha value is -3.16. The van der Waals surface area contributed by atoms with Crippen molar-refractivity contribution >= 4 is 17.7 Å². The fraction of sp³-hybridized carbons (Fsp3) is 0.367. The fourth-order valence-electron chi connectivity index (χ4n) is 5.02. The molecule has 196 valence electrons. The highest BCUT2D eigenvalue weighted by Gasteiger charge is 2.37. The summed E-state index contributed by atoms with van der Waals surface area (Å²) >= 11 is 1.86. The summed E-state index contributed by atoms with van der Waals surface area (Å²) in [5.41, 5.74) is 3.40. The van der Waals surface area contributed by atoms with Gasteiger partial charge in [-0.25, -0.2) is 0 Å². The summed E-state index contributed by atoms with van der Waals surface area (Å²) in [7, 11) is 5.02. The van der Waals surface area contributed by atoms with Gasteiger partial charge in [-0.2, -0.15) is 0 Å². The van der Waals surface area contributed by atoms with Gasteiger partial charge in [0, 0.05) is 18.8 Å². The lowest BCUT2D eigenvalue weighted by molar-refractivity contribution is -0.143. The predicted molar refractivity (Wildman–Crippen MR) is 148 cm³/mol. The van der Waals surface area contributed by atoms with Crippen molar-refractivity contribution in [3.05, 3.63) is 89.5 Å². The van der Waals surface area contributed by atoms with Crippen molar-refractivity contribution in [3.8, 4) is 17.2 Å². The number of aliphatic carboxylic acids is 1. The van der Waals surface area contributed by atoms with Crippen LogP contribution in [0, 0.1) is 5.92 Å². The van der Waals surface area contributed by atoms with Gasteiger partial charge in [0.1, 0.15) is 17.2 Å². The first kappa shape index (κ1) is 26.9. The summed E-state index contributed by atoms with van der Waals surface area (Å²) < 4.78 is 15.8. The largest absolute Gasteiger partial charge is 0.497 e. The molecule has 3 aromatic carbocycles. The molecule has 3 aromatic rings. The zero-order valence-electron chi connectivity index (χ0n) is 21.7. The number of benzene rings is 3. The molecule has 0 saturated carbocycles. The molecule has 0 aromatic heterocycles. The number of nitrogens with zero attached hydrogens (tertiary/aromatic N) is 1. The number of hydrogen-bond acceptors (Lipinski definition) is 6. The lowest BCUT2D eigenvalue weighted by Crippen LogP contribution is -2.40. The third-order valence-electron chi connectivity index (χ3n) is 7.07. The summed E-state index contributed by atoms with van der Waals surface area (Å²) in [6.07, 6.45) is 1.68. The molecule has 0 amide bonds. The lowest BCUT2D eigenvalue weighted by atomic mass is 9.84. The number of thioether (sulfide) groups is 1. The summed E-state index contributed by atoms with van der Waals surface area (Å²) in [5.74, 6) is 2.27. The van der Waals surface area contributed by atoms with E-state index in [9.17, 15) is 9.90 Å². The number of likely N-dealkylation sites (tertiary alicyclic amines) is 1. The second-order valence-electron chi connectivity index (χ2n) is 9.19. The van der Waals surface area contributed by atoms with E-state index in [4.69, 9.17) is 14.2 Å². The van der Waals surface area contributed by atoms with Gasteiger partial charge >= 0.3 is 5.97 Å². The number of rotatable bonds is 11. The summed E-state index contributed by atoms with van der Waals surface area (Å²) in [4.78, 5) is 13.9. The van der Waals surface area contributed by atoms with E-state index in [1.54, 1.807) is 21.3 Å². The molecule has 0 unspecified atom stereocenters. The summed E-state index contributed by atoms with van der Waals surface area (Å²) in [5, 5.41) is 9.52. The van der Waals surface area contributed by atoms with Crippen LogP contribution in [0.3, 0.4) is 0 Å². The summed E-state index contributed by atoms with van der Waals surface area (Å²) in [6.45, 7) is 2.36. The van der Waals surface area contributed by atoms with Crippen molar-refractivity contribution < 1.29 is 24.1 Å². The molecule has 1 heterocycles. The maximum absolute atomic E-state index is 11.6. The molecule has 4 rings (SSSR count). The Kier molecular flexibility index (Phi) is 9.00. The number of carboxylic acids is 1. The van der Waals surface area contributed by atoms with Gasteiger partial charge in [0.05, 0.1) is 32.0 Å². The van der Waals surface area contributed by atoms with Gasteiger partial charge in [-0.1, -0.05) is 36.4 Å². The Morgan fingerprint density at radius 2 is 1.27 bits per heavy atom. The molecule has 1 N–H and O–H groups in total. The molecule has 1 aliphatic heterocycles. The topological polar surface area (TPSA) is 68.2 Å². The minimum Gasteiger partial charge on any atom is -0.497 e. The molecule has 7 heteroatoms. The van der Waals surface area contributed by atoms with Crippen LogP contribution in [0.5, 0.6) is 17.2 Å². The van der Waals surface area contributed by atoms with E-state index in [1.807, 2.05) is 48.2 Å². The second kappa shape index (κ2) is 12.4. The van der Waals surface area contributed by atoms with E-state index in [1.165, 1.54) is 0 Å². The van der Waals surface area contributed by atoms with Crippen LogP contribution in [0.2, 0.25) is 0 Å². The van der Waals surface area contributed by atoms with Crippen LogP contribution < -0.4 is 14.2 Å². The van der Waals surface area contributed by atoms with Crippen LogP contribution in [-0.2, 0) is 9.54 Å². The van der Waals surface area contributed by atoms with E-state index >= 15 is 0 Å². The van der Waals surface area contributed by atoms with E-state index in [0.29, 0.717) is 6.54 Å². The Morgan fingerprint density at radius 3 is 1.65 bits per heavy atom. The molecule has 1 aliphatic rings. The third kappa shape index (κ3) is 6.05. The maximum Gasteiger partial charge on any atom is 0.307 e. The first-order valence-corrected chi connectivity index (χ1v) is 13.5. The van der Waals surface area contributed by atoms with Crippen LogP contribution in [0.1, 0.15) is 29.5 Å². The van der Waals surface area contributed by atoms with E-state index < -0.39 is 10.7 Å². The Bertz CT molecular complexity index is 1030. The number of hydrogen-bond donors (Lipinski definition) is 1. The molecular weight excluding hydrogens is 486 g/mol. The molecule has 1 atom stereocenters. The van der Waals surface area contributed by atoms with Crippen LogP contribution in [0.25, 0.3) is 0 Å². The Labute approximate surface area is 223 Å². The maximum atomic E-state index is 11.6. The molecule has 0 bridgehead atoms. The van der Waals surface area contributed by atoms with Gasteiger partial charge in [0.2, 0.25) is 0 Å². The number of carboxylic acid groups (broad SMARTS) is 1. The van der Waals surface area contributed by atoms with Gasteiger partial charge in [0.15, 0.2) is 0 Å². The van der Waals surface area contributed by atoms with Crippen molar-refractivity contribution in [2.45, 2.75) is 17.6 Å². The quantitative estimate of drug-likeness (QED) is 0.333. The highest BCUT2D eigenvalue weighted by molar-refractivity contribution is 8.00. The molecule has 0 spiro atoms. The molecule has 37 heavy (non-hydrogen) atoms. The smallest absolute Gasteiger partial charge is 0.307 e. The first-order chi connectivity index (χ1) is 18.0. The van der Waals surface area contributed by atoms with Crippen LogP contribution in [0.4, 0.5) is 0 Å². The van der Waals surface area contributed by atoms with Gasteiger partial charge in [-0.05, 0) is 72.5 Å². The van der Waals surface area contributed by atoms with Crippen LogP contribution >= 0.6 is 11.8 Å². The standard InChI is InChI=1S/C30H35NO5S/c1-34-26-12-6-23(7-13-26)30(24-8-14-27(35-2)15-9-24,25-10-16-28(36-3)17-11-25)37-20-19-31-18-4-5-22(21-31)29(32)33/h6-17,22H,4-5,18-21H2,1-3H3,(H,32,33)/t22-/m0/s1. The first-order valence-electron chi connectivity index (χ1n) is 12.5. The average Bonchev–Trinajstić information content (AvgIpc) is 2.96. The van der Waals surface area contributed by atoms with Crippen molar-refractivity contribution in [2.24, 2.45) is 5.92 Å². The van der Waals surface area contributed by atoms with Crippen molar-refractivity contribution in [1.29, 1.82) is 0 Å². The molecular formula is C30H35NO5S. The number of methoxy groups -OCH3 is 3. The Balaban J connectivity index is 1.74. The minimum atomic E-state index is -0.693. The molecule has 6 nitrogen and oxygen atoms in total. The highest BCUT2D eigenvalue weighted by Crippen LogP contribution is 2.49. The van der Waals surface area contributed by atoms with Crippen molar-refractivity contribution in [2.75, 3.05) is 46.7 Å². The molecule has 0 aliphatic carbocycles. The number of carbonyl (C=O) groups is 1. The predicted octanol–water partition coefficient (Wildman–Crippen LogP) is 5.53. The Morgan fingerprint density at radius 1 is 0.838 bits per heavy atom. The van der Waals surface area contributed by atoms with E-state index in [0.717, 1.165) is 65.6 Å². The van der Waals surface area contributed by atoms with Crippen molar-refractivity contribution in [1.82, 2.24) is 4.90 Å². The minimum absolute atomic E-state index is 0.284. The van der Waals surface area contributed by atoms with E-state index in [-0.39, 0.29) is 5.92 Å². The van der Waals surface area contributed by atoms with Gasteiger partial charge in [-0.3, -0.25) is 4.79 Å². The molecule has 0 radical (unpaired) electrons. The fourth-order valence-corrected chi connectivity index (χ4v) is 6.58. The number of ether oxygens (including phenoxy) is 3. The molecule has 1 fully saturated rings. The van der Waals surface area contributed by atoms with Gasteiger partial charge < -0.3 is 24.2 Å². The van der Waals surface area contributed by atoms with Crippen LogP contribution in [0.15, 0.2) is 72.8 Å². The summed E-state index contributed by atoms with van der Waals surface area (Å²) in [6, 6.07) is 24.8.